The summed E-state index contributed by atoms with van der Waals surface area (Å²) < 4.78 is 5.44. The quantitative estimate of drug-likeness (QED) is 0.783. The van der Waals surface area contributed by atoms with E-state index in [4.69, 9.17) is 4.74 Å². The zero-order valence-electron chi connectivity index (χ0n) is 14.2. The van der Waals surface area contributed by atoms with E-state index < -0.39 is 5.54 Å². The van der Waals surface area contributed by atoms with Crippen LogP contribution >= 0.6 is 0 Å². The molecule has 1 heterocycles. The molecule has 3 nitrogen and oxygen atoms in total. The summed E-state index contributed by atoms with van der Waals surface area (Å²) >= 11 is 0. The molecule has 0 fully saturated rings. The number of aliphatic imine (C=N–C) groups is 1. The Kier molecular flexibility index (Phi) is 4.34. The first-order valence-electron chi connectivity index (χ1n) is 8.12. The number of carbonyl (C=O) groups excluding carboxylic acids is 1. The second-order valence-electron chi connectivity index (χ2n) is 6.32. The fraction of sp³-hybridized carbons (Fsp3) is 0.238. The Hall–Kier alpha value is -2.68. The van der Waals surface area contributed by atoms with E-state index in [2.05, 4.69) is 30.1 Å². The Morgan fingerprint density at radius 3 is 2.46 bits per heavy atom. The molecule has 2 atom stereocenters. The molecule has 0 aromatic heterocycles. The van der Waals surface area contributed by atoms with Gasteiger partial charge in [0.2, 0.25) is 5.90 Å². The lowest BCUT2D eigenvalue weighted by Crippen LogP contribution is -2.36. The highest BCUT2D eigenvalue weighted by Gasteiger charge is 2.45. The Morgan fingerprint density at radius 2 is 1.75 bits per heavy atom. The smallest absolute Gasteiger partial charge is 0.341 e. The van der Waals surface area contributed by atoms with E-state index in [1.807, 2.05) is 62.4 Å². The third-order valence-corrected chi connectivity index (χ3v) is 4.60. The maximum atomic E-state index is 12.4. The molecular formula is C21H21NO2. The molecule has 0 saturated carbocycles. The molecule has 3 rings (SSSR count). The van der Waals surface area contributed by atoms with Gasteiger partial charge in [0.05, 0.1) is 0 Å². The Morgan fingerprint density at radius 1 is 1.08 bits per heavy atom. The molecule has 2 aromatic rings. The van der Waals surface area contributed by atoms with Gasteiger partial charge in [-0.3, -0.25) is 0 Å². The lowest BCUT2D eigenvalue weighted by molar-refractivity contribution is -0.139. The first-order valence-corrected chi connectivity index (χ1v) is 8.12. The fourth-order valence-corrected chi connectivity index (χ4v) is 2.67. The lowest BCUT2D eigenvalue weighted by Gasteiger charge is -2.21. The molecule has 1 aliphatic heterocycles. The molecule has 0 saturated heterocycles. The topological polar surface area (TPSA) is 38.7 Å². The SMILES string of the molecule is Cc1ccccc1/C=C/[C@H](C)[C@@]1(C)N=C(c2ccccc2)OC1=O. The van der Waals surface area contributed by atoms with Crippen LogP contribution in [0.15, 0.2) is 65.7 Å². The van der Waals surface area contributed by atoms with Crippen molar-refractivity contribution in [3.8, 4) is 0 Å². The van der Waals surface area contributed by atoms with Crippen molar-refractivity contribution < 1.29 is 9.53 Å². The molecule has 122 valence electrons. The minimum absolute atomic E-state index is 0.0779. The maximum Gasteiger partial charge on any atom is 0.341 e. The molecule has 3 heteroatoms. The summed E-state index contributed by atoms with van der Waals surface area (Å²) in [6.07, 6.45) is 4.08. The van der Waals surface area contributed by atoms with Crippen LogP contribution in [0.5, 0.6) is 0 Å². The Bertz CT molecular complexity index is 808. The second kappa shape index (κ2) is 6.44. The minimum atomic E-state index is -0.898. The average Bonchev–Trinajstić information content (AvgIpc) is 2.91. The average molecular weight is 319 g/mol. The summed E-state index contributed by atoms with van der Waals surface area (Å²) in [5.41, 5.74) is 2.27. The molecule has 0 bridgehead atoms. The van der Waals surface area contributed by atoms with Crippen LogP contribution in [0.2, 0.25) is 0 Å². The second-order valence-corrected chi connectivity index (χ2v) is 6.32. The van der Waals surface area contributed by atoms with E-state index in [-0.39, 0.29) is 11.9 Å². The highest BCUT2D eigenvalue weighted by Crippen LogP contribution is 2.31. The van der Waals surface area contributed by atoms with Gasteiger partial charge in [0.1, 0.15) is 0 Å². The van der Waals surface area contributed by atoms with Crippen molar-refractivity contribution in [2.45, 2.75) is 26.3 Å². The largest absolute Gasteiger partial charge is 0.405 e. The molecule has 0 unspecified atom stereocenters. The molecule has 24 heavy (non-hydrogen) atoms. The minimum Gasteiger partial charge on any atom is -0.405 e. The number of hydrogen-bond acceptors (Lipinski definition) is 3. The van der Waals surface area contributed by atoms with Gasteiger partial charge in [-0.05, 0) is 37.1 Å². The van der Waals surface area contributed by atoms with Crippen LogP contribution in [0.1, 0.15) is 30.5 Å². The van der Waals surface area contributed by atoms with Gasteiger partial charge in [-0.25, -0.2) is 9.79 Å². The van der Waals surface area contributed by atoms with E-state index in [0.29, 0.717) is 5.90 Å². The van der Waals surface area contributed by atoms with Gasteiger partial charge in [-0.1, -0.05) is 61.5 Å². The molecule has 0 amide bonds. The van der Waals surface area contributed by atoms with Gasteiger partial charge in [0.15, 0.2) is 5.54 Å². The number of esters is 1. The van der Waals surface area contributed by atoms with E-state index in [1.54, 1.807) is 0 Å². The number of ether oxygens (including phenoxy) is 1. The first kappa shape index (κ1) is 16.2. The molecule has 0 N–H and O–H groups in total. The summed E-state index contributed by atoms with van der Waals surface area (Å²) in [4.78, 5) is 17.0. The van der Waals surface area contributed by atoms with Crippen molar-refractivity contribution in [2.24, 2.45) is 10.9 Å². The number of aryl methyl sites for hydroxylation is 1. The standard InChI is InChI=1S/C21H21NO2/c1-15-9-7-8-10-17(15)14-13-16(2)21(3)20(23)24-19(22-21)18-11-5-4-6-12-18/h4-14,16H,1-3H3/b14-13+/t16-,21+/m0/s1. The van der Waals surface area contributed by atoms with Crippen molar-refractivity contribution in [3.05, 3.63) is 77.4 Å². The fourth-order valence-electron chi connectivity index (χ4n) is 2.67. The molecule has 0 spiro atoms. The number of hydrogen-bond donors (Lipinski definition) is 0. The first-order chi connectivity index (χ1) is 11.5. The monoisotopic (exact) mass is 319 g/mol. The van der Waals surface area contributed by atoms with E-state index in [1.165, 1.54) is 5.56 Å². The van der Waals surface area contributed by atoms with Crippen molar-refractivity contribution in [3.63, 3.8) is 0 Å². The van der Waals surface area contributed by atoms with Gasteiger partial charge in [0, 0.05) is 11.5 Å². The van der Waals surface area contributed by atoms with Crippen LogP contribution in [0, 0.1) is 12.8 Å². The molecule has 0 aliphatic carbocycles. The summed E-state index contributed by atoms with van der Waals surface area (Å²) in [6.45, 7) is 5.90. The summed E-state index contributed by atoms with van der Waals surface area (Å²) in [7, 11) is 0. The maximum absolute atomic E-state index is 12.4. The van der Waals surface area contributed by atoms with Crippen LogP contribution < -0.4 is 0 Å². The van der Waals surface area contributed by atoms with Crippen LogP contribution in [0.3, 0.4) is 0 Å². The number of rotatable bonds is 4. The normalized spacial score (nSPS) is 21.6. The lowest BCUT2D eigenvalue weighted by atomic mass is 9.87. The highest BCUT2D eigenvalue weighted by molar-refractivity contribution is 6.08. The van der Waals surface area contributed by atoms with Crippen LogP contribution in [0.25, 0.3) is 6.08 Å². The van der Waals surface area contributed by atoms with Gasteiger partial charge >= 0.3 is 5.97 Å². The zero-order valence-corrected chi connectivity index (χ0v) is 14.2. The molecule has 2 aromatic carbocycles. The van der Waals surface area contributed by atoms with Gasteiger partial charge in [0.25, 0.3) is 0 Å². The predicted molar refractivity (Wildman–Crippen MR) is 96.9 cm³/mol. The third kappa shape index (κ3) is 3.02. The van der Waals surface area contributed by atoms with Gasteiger partial charge in [-0.15, -0.1) is 0 Å². The Balaban J connectivity index is 1.85. The van der Waals surface area contributed by atoms with Gasteiger partial charge < -0.3 is 4.74 Å². The number of cyclic esters (lactones) is 1. The highest BCUT2D eigenvalue weighted by atomic mass is 16.6. The van der Waals surface area contributed by atoms with Crippen LogP contribution in [-0.4, -0.2) is 17.4 Å². The van der Waals surface area contributed by atoms with Crippen molar-refractivity contribution in [1.29, 1.82) is 0 Å². The van der Waals surface area contributed by atoms with Crippen LogP contribution in [-0.2, 0) is 9.53 Å². The summed E-state index contributed by atoms with van der Waals surface area (Å²) in [6, 6.07) is 17.7. The van der Waals surface area contributed by atoms with E-state index in [9.17, 15) is 4.79 Å². The predicted octanol–water partition coefficient (Wildman–Crippen LogP) is 4.41. The third-order valence-electron chi connectivity index (χ3n) is 4.60. The van der Waals surface area contributed by atoms with Crippen molar-refractivity contribution in [2.75, 3.05) is 0 Å². The van der Waals surface area contributed by atoms with Crippen molar-refractivity contribution in [1.82, 2.24) is 0 Å². The molecule has 0 radical (unpaired) electrons. The van der Waals surface area contributed by atoms with Gasteiger partial charge in [-0.2, -0.15) is 0 Å². The van der Waals surface area contributed by atoms with Crippen molar-refractivity contribution >= 4 is 17.9 Å². The number of nitrogens with zero attached hydrogens (tertiary/aromatic N) is 1. The summed E-state index contributed by atoms with van der Waals surface area (Å²) in [5.74, 6) is 0.0216. The number of benzene rings is 2. The van der Waals surface area contributed by atoms with E-state index >= 15 is 0 Å². The van der Waals surface area contributed by atoms with Crippen LogP contribution in [0.4, 0.5) is 0 Å². The van der Waals surface area contributed by atoms with E-state index in [0.717, 1.165) is 11.1 Å². The zero-order chi connectivity index (χ0) is 17.2. The number of carbonyl (C=O) groups is 1. The molecule has 1 aliphatic rings. The molecular weight excluding hydrogens is 298 g/mol. The summed E-state index contributed by atoms with van der Waals surface area (Å²) in [5, 5.41) is 0. The Labute approximate surface area is 142 Å².